The molecule has 130 valence electrons. The van der Waals surface area contributed by atoms with Gasteiger partial charge >= 0.3 is 12.0 Å². The van der Waals surface area contributed by atoms with Gasteiger partial charge in [0.25, 0.3) is 0 Å². The van der Waals surface area contributed by atoms with E-state index < -0.39 is 12.0 Å². The van der Waals surface area contributed by atoms with Crippen molar-refractivity contribution in [1.82, 2.24) is 15.5 Å². The Morgan fingerprint density at radius 1 is 1.22 bits per heavy atom. The lowest BCUT2D eigenvalue weighted by Crippen LogP contribution is -2.45. The third-order valence-electron chi connectivity index (χ3n) is 4.46. The van der Waals surface area contributed by atoms with E-state index in [1.165, 1.54) is 25.7 Å². The van der Waals surface area contributed by atoms with Gasteiger partial charge in [0.15, 0.2) is 0 Å². The maximum atomic E-state index is 12.2. The van der Waals surface area contributed by atoms with E-state index >= 15 is 0 Å². The van der Waals surface area contributed by atoms with Crippen LogP contribution in [0.15, 0.2) is 0 Å². The van der Waals surface area contributed by atoms with Crippen LogP contribution in [0.5, 0.6) is 0 Å². The van der Waals surface area contributed by atoms with E-state index in [1.54, 1.807) is 6.92 Å². The number of hydrogen-bond acceptors (Lipinski definition) is 4. The zero-order valence-electron chi connectivity index (χ0n) is 13.8. The topological polar surface area (TPSA) is 87.7 Å². The number of carbonyl (C=O) groups excluding carboxylic acids is 3. The minimum Gasteiger partial charge on any atom is -0.465 e. The van der Waals surface area contributed by atoms with Crippen LogP contribution in [0.25, 0.3) is 0 Å². The zero-order chi connectivity index (χ0) is 16.7. The molecule has 2 N–H and O–H groups in total. The van der Waals surface area contributed by atoms with Crippen molar-refractivity contribution in [3.05, 3.63) is 0 Å². The van der Waals surface area contributed by atoms with Crippen LogP contribution < -0.4 is 10.6 Å². The van der Waals surface area contributed by atoms with Crippen molar-refractivity contribution in [1.29, 1.82) is 0 Å². The number of esters is 1. The first-order chi connectivity index (χ1) is 11.1. The summed E-state index contributed by atoms with van der Waals surface area (Å²) in [5, 5.41) is 5.23. The second kappa shape index (κ2) is 8.74. The lowest BCUT2D eigenvalue weighted by atomic mass is 10.1. The summed E-state index contributed by atoms with van der Waals surface area (Å²) in [6, 6.07) is -0.300. The van der Waals surface area contributed by atoms with Crippen LogP contribution in [0.2, 0.25) is 0 Å². The number of rotatable bonds is 5. The first-order valence-corrected chi connectivity index (χ1v) is 8.59. The molecule has 2 aliphatic rings. The number of nitrogens with one attached hydrogen (secondary N) is 2. The number of amides is 3. The highest BCUT2D eigenvalue weighted by molar-refractivity contribution is 5.83. The molecule has 0 bridgehead atoms. The lowest BCUT2D eigenvalue weighted by Gasteiger charge is -2.27. The van der Waals surface area contributed by atoms with Gasteiger partial charge in [-0.15, -0.1) is 0 Å². The summed E-state index contributed by atoms with van der Waals surface area (Å²) in [4.78, 5) is 37.1. The van der Waals surface area contributed by atoms with Gasteiger partial charge < -0.3 is 20.3 Å². The quantitative estimate of drug-likeness (QED) is 0.587. The van der Waals surface area contributed by atoms with Crippen molar-refractivity contribution in [2.24, 2.45) is 0 Å². The van der Waals surface area contributed by atoms with Crippen LogP contribution in [0.1, 0.15) is 51.9 Å². The highest BCUT2D eigenvalue weighted by Gasteiger charge is 2.35. The van der Waals surface area contributed by atoms with Crippen LogP contribution >= 0.6 is 0 Å². The molecule has 1 saturated carbocycles. The molecular formula is C16H27N3O4. The normalized spacial score (nSPS) is 22.6. The average molecular weight is 325 g/mol. The molecule has 0 aromatic heterocycles. The number of likely N-dealkylation sites (tertiary alicyclic amines) is 1. The van der Waals surface area contributed by atoms with Crippen molar-refractivity contribution in [3.63, 3.8) is 0 Å². The molecule has 1 saturated heterocycles. The summed E-state index contributed by atoms with van der Waals surface area (Å²) in [7, 11) is 0. The van der Waals surface area contributed by atoms with Crippen LogP contribution in [-0.2, 0) is 14.3 Å². The highest BCUT2D eigenvalue weighted by atomic mass is 16.5. The van der Waals surface area contributed by atoms with Gasteiger partial charge in [0.2, 0.25) is 5.91 Å². The Morgan fingerprint density at radius 3 is 2.57 bits per heavy atom. The Bertz CT molecular complexity index is 433. The third-order valence-corrected chi connectivity index (χ3v) is 4.46. The molecule has 0 unspecified atom stereocenters. The molecule has 3 amide bonds. The van der Waals surface area contributed by atoms with Gasteiger partial charge in [0.05, 0.1) is 12.6 Å². The van der Waals surface area contributed by atoms with Gasteiger partial charge in [-0.1, -0.05) is 25.7 Å². The van der Waals surface area contributed by atoms with Crippen LogP contribution in [0.3, 0.4) is 0 Å². The predicted octanol–water partition coefficient (Wildman–Crippen LogP) is 1.17. The minimum absolute atomic E-state index is 0.118. The van der Waals surface area contributed by atoms with E-state index in [-0.39, 0.29) is 25.1 Å². The average Bonchev–Trinajstić information content (AvgIpc) is 2.73. The summed E-state index contributed by atoms with van der Waals surface area (Å²) in [6.45, 7) is 2.41. The molecule has 1 aliphatic heterocycles. The second-order valence-corrected chi connectivity index (χ2v) is 6.22. The summed E-state index contributed by atoms with van der Waals surface area (Å²) < 4.78 is 4.74. The van der Waals surface area contributed by atoms with E-state index in [9.17, 15) is 14.4 Å². The second-order valence-electron chi connectivity index (χ2n) is 6.22. The molecule has 0 radical (unpaired) electrons. The molecule has 1 heterocycles. The first-order valence-electron chi connectivity index (χ1n) is 8.59. The largest absolute Gasteiger partial charge is 0.465 e. The molecule has 7 heteroatoms. The maximum absolute atomic E-state index is 12.2. The zero-order valence-corrected chi connectivity index (χ0v) is 13.8. The number of carbonyl (C=O) groups is 3. The SMILES string of the molecule is CCOC(=O)CNC(=O)N[C@@H]1CC(=O)N(C2CCCCCC2)C1. The van der Waals surface area contributed by atoms with Crippen LogP contribution in [0.4, 0.5) is 4.79 Å². The fourth-order valence-corrected chi connectivity index (χ4v) is 3.35. The molecule has 1 atom stereocenters. The predicted molar refractivity (Wildman–Crippen MR) is 84.8 cm³/mol. The molecule has 0 aromatic carbocycles. The third kappa shape index (κ3) is 5.41. The maximum Gasteiger partial charge on any atom is 0.325 e. The molecular weight excluding hydrogens is 298 g/mol. The van der Waals surface area contributed by atoms with Gasteiger partial charge in [-0.25, -0.2) is 4.79 Å². The summed E-state index contributed by atoms with van der Waals surface area (Å²) >= 11 is 0. The van der Waals surface area contributed by atoms with E-state index in [0.717, 1.165) is 12.8 Å². The molecule has 2 fully saturated rings. The van der Waals surface area contributed by atoms with Gasteiger partial charge in [-0.2, -0.15) is 0 Å². The van der Waals surface area contributed by atoms with E-state index in [0.29, 0.717) is 19.0 Å². The molecule has 0 spiro atoms. The smallest absolute Gasteiger partial charge is 0.325 e. The molecule has 23 heavy (non-hydrogen) atoms. The van der Waals surface area contributed by atoms with Gasteiger partial charge in [-0.3, -0.25) is 9.59 Å². The molecule has 7 nitrogen and oxygen atoms in total. The molecule has 0 aromatic rings. The van der Waals surface area contributed by atoms with Crippen LogP contribution in [0, 0.1) is 0 Å². The Balaban J connectivity index is 1.75. The molecule has 2 rings (SSSR count). The fraction of sp³-hybridized carbons (Fsp3) is 0.812. The number of ether oxygens (including phenoxy) is 1. The van der Waals surface area contributed by atoms with Crippen molar-refractivity contribution in [3.8, 4) is 0 Å². The summed E-state index contributed by atoms with van der Waals surface area (Å²) in [5.41, 5.74) is 0. The fourth-order valence-electron chi connectivity index (χ4n) is 3.35. The van der Waals surface area contributed by atoms with Gasteiger partial charge in [-0.05, 0) is 19.8 Å². The van der Waals surface area contributed by atoms with Crippen molar-refractivity contribution >= 4 is 17.9 Å². The highest BCUT2D eigenvalue weighted by Crippen LogP contribution is 2.25. The Labute approximate surface area is 137 Å². The number of urea groups is 1. The Kier molecular flexibility index (Phi) is 6.67. The monoisotopic (exact) mass is 325 g/mol. The molecule has 1 aliphatic carbocycles. The van der Waals surface area contributed by atoms with E-state index in [4.69, 9.17) is 4.74 Å². The van der Waals surface area contributed by atoms with E-state index in [2.05, 4.69) is 10.6 Å². The van der Waals surface area contributed by atoms with E-state index in [1.807, 2.05) is 4.90 Å². The number of nitrogens with zero attached hydrogens (tertiary/aromatic N) is 1. The summed E-state index contributed by atoms with van der Waals surface area (Å²) in [5.74, 6) is -0.349. The van der Waals surface area contributed by atoms with Gasteiger partial charge in [0, 0.05) is 19.0 Å². The minimum atomic E-state index is -0.467. The summed E-state index contributed by atoms with van der Waals surface area (Å²) in [6.07, 6.45) is 7.30. The van der Waals surface area contributed by atoms with Crippen molar-refractivity contribution in [2.45, 2.75) is 64.0 Å². The first kappa shape index (κ1) is 17.6. The van der Waals surface area contributed by atoms with Crippen LogP contribution in [-0.4, -0.2) is 54.6 Å². The Morgan fingerprint density at radius 2 is 1.91 bits per heavy atom. The lowest BCUT2D eigenvalue weighted by molar-refractivity contribution is -0.141. The standard InChI is InChI=1S/C16H27N3O4/c1-2-23-15(21)10-17-16(22)18-12-9-14(20)19(11-12)13-7-5-3-4-6-8-13/h12-13H,2-11H2,1H3,(H2,17,18,22)/t12-/m1/s1. The van der Waals surface area contributed by atoms with Gasteiger partial charge in [0.1, 0.15) is 6.54 Å². The Hall–Kier alpha value is -1.79. The number of hydrogen-bond donors (Lipinski definition) is 2. The van der Waals surface area contributed by atoms with Crippen molar-refractivity contribution < 1.29 is 19.1 Å². The van der Waals surface area contributed by atoms with Crippen molar-refractivity contribution in [2.75, 3.05) is 19.7 Å².